The van der Waals surface area contributed by atoms with Crippen LogP contribution in [0.4, 0.5) is 11.8 Å². The Morgan fingerprint density at radius 3 is 2.80 bits per heavy atom. The maximum atomic E-state index is 12.3. The lowest BCUT2D eigenvalue weighted by atomic mass is 10.2. The van der Waals surface area contributed by atoms with E-state index in [1.165, 1.54) is 0 Å². The lowest BCUT2D eigenvalue weighted by molar-refractivity contribution is -0.131. The molecule has 0 bridgehead atoms. The average Bonchev–Trinajstić information content (AvgIpc) is 3.41. The molecule has 1 amide bonds. The number of nitrogens with one attached hydrogen (secondary N) is 1. The molecule has 2 aromatic rings. The number of nitrogens with zero attached hydrogens (tertiary/aromatic N) is 5. The van der Waals surface area contributed by atoms with Crippen molar-refractivity contribution in [2.75, 3.05) is 42.9 Å². The summed E-state index contributed by atoms with van der Waals surface area (Å²) in [7, 11) is 0. The largest absolute Gasteiger partial charge is 0.353 e. The van der Waals surface area contributed by atoms with E-state index < -0.39 is 0 Å². The molecule has 0 spiro atoms. The molecule has 0 aromatic carbocycles. The lowest BCUT2D eigenvalue weighted by Gasteiger charge is -2.35. The van der Waals surface area contributed by atoms with Crippen LogP contribution in [0.15, 0.2) is 28.9 Å². The summed E-state index contributed by atoms with van der Waals surface area (Å²) in [6, 6.07) is 6.31. The van der Waals surface area contributed by atoms with Crippen LogP contribution in [0.2, 0.25) is 0 Å². The fourth-order valence-corrected chi connectivity index (χ4v) is 2.97. The molecule has 2 fully saturated rings. The van der Waals surface area contributed by atoms with Gasteiger partial charge in [0.15, 0.2) is 5.82 Å². The Morgan fingerprint density at radius 2 is 2.08 bits per heavy atom. The molecule has 8 nitrogen and oxygen atoms in total. The first-order valence-corrected chi connectivity index (χ1v) is 8.81. The fraction of sp³-hybridized carbons (Fsp3) is 0.529. The summed E-state index contributed by atoms with van der Waals surface area (Å²) in [6.45, 7) is 3.57. The third-order valence-corrected chi connectivity index (χ3v) is 4.60. The van der Waals surface area contributed by atoms with Crippen LogP contribution in [0, 0.1) is 0 Å². The van der Waals surface area contributed by atoms with Gasteiger partial charge in [0.05, 0.1) is 0 Å². The number of rotatable bonds is 6. The number of piperazine rings is 1. The van der Waals surface area contributed by atoms with E-state index in [1.807, 2.05) is 23.1 Å². The van der Waals surface area contributed by atoms with Gasteiger partial charge in [-0.15, -0.1) is 0 Å². The van der Waals surface area contributed by atoms with Crippen molar-refractivity contribution < 1.29 is 9.32 Å². The van der Waals surface area contributed by atoms with Crippen LogP contribution in [0.25, 0.3) is 0 Å². The lowest BCUT2D eigenvalue weighted by Crippen LogP contribution is -2.49. The van der Waals surface area contributed by atoms with Gasteiger partial charge in [-0.25, -0.2) is 4.98 Å². The van der Waals surface area contributed by atoms with Crippen molar-refractivity contribution in [3.05, 3.63) is 30.2 Å². The molecule has 1 saturated heterocycles. The molecule has 25 heavy (non-hydrogen) atoms. The average molecular weight is 342 g/mol. The van der Waals surface area contributed by atoms with Crippen molar-refractivity contribution in [3.8, 4) is 0 Å². The predicted octanol–water partition coefficient (Wildman–Crippen LogP) is 1.49. The number of amides is 1. The fourth-order valence-electron chi connectivity index (χ4n) is 2.97. The molecule has 132 valence electrons. The van der Waals surface area contributed by atoms with Crippen LogP contribution in [0.5, 0.6) is 0 Å². The van der Waals surface area contributed by atoms with E-state index in [0.29, 0.717) is 24.9 Å². The Balaban J connectivity index is 1.19. The second kappa shape index (κ2) is 7.08. The van der Waals surface area contributed by atoms with Crippen molar-refractivity contribution in [3.63, 3.8) is 0 Å². The maximum absolute atomic E-state index is 12.3. The second-order valence-electron chi connectivity index (χ2n) is 6.46. The van der Waals surface area contributed by atoms with Gasteiger partial charge in [0, 0.05) is 51.3 Å². The summed E-state index contributed by atoms with van der Waals surface area (Å²) in [5.41, 5.74) is 0. The highest BCUT2D eigenvalue weighted by Crippen LogP contribution is 2.38. The smallest absolute Gasteiger partial charge is 0.321 e. The zero-order valence-electron chi connectivity index (χ0n) is 14.1. The summed E-state index contributed by atoms with van der Waals surface area (Å²) >= 11 is 0. The predicted molar refractivity (Wildman–Crippen MR) is 92.4 cm³/mol. The standard InChI is InChI=1S/C17H22N6O2/c24-15(6-8-19-17-20-16(21-25-17)13-4-5-13)23-11-9-22(10-12-23)14-3-1-2-7-18-14/h1-3,7,13H,4-6,8-12H2,(H,19,20,21). The first-order chi connectivity index (χ1) is 12.3. The molecule has 2 aliphatic rings. The summed E-state index contributed by atoms with van der Waals surface area (Å²) < 4.78 is 5.15. The number of carbonyl (C=O) groups is 1. The van der Waals surface area contributed by atoms with Crippen LogP contribution in [0.3, 0.4) is 0 Å². The van der Waals surface area contributed by atoms with Crippen LogP contribution in [0.1, 0.15) is 31.0 Å². The number of hydrogen-bond acceptors (Lipinski definition) is 7. The Kier molecular flexibility index (Phi) is 4.49. The molecule has 0 atom stereocenters. The van der Waals surface area contributed by atoms with Crippen molar-refractivity contribution in [2.45, 2.75) is 25.2 Å². The molecule has 1 aliphatic carbocycles. The van der Waals surface area contributed by atoms with E-state index in [1.54, 1.807) is 6.20 Å². The quantitative estimate of drug-likeness (QED) is 0.851. The summed E-state index contributed by atoms with van der Waals surface area (Å²) in [6.07, 6.45) is 4.50. The second-order valence-corrected chi connectivity index (χ2v) is 6.46. The zero-order valence-corrected chi connectivity index (χ0v) is 14.1. The van der Waals surface area contributed by atoms with Gasteiger partial charge in [-0.2, -0.15) is 4.98 Å². The summed E-state index contributed by atoms with van der Waals surface area (Å²) in [5.74, 6) is 2.37. The Labute approximate surface area is 146 Å². The van der Waals surface area contributed by atoms with Crippen LogP contribution >= 0.6 is 0 Å². The molecule has 2 aromatic heterocycles. The number of carbonyl (C=O) groups excluding carboxylic acids is 1. The van der Waals surface area contributed by atoms with Crippen molar-refractivity contribution >= 4 is 17.7 Å². The van der Waals surface area contributed by atoms with Gasteiger partial charge in [0.1, 0.15) is 5.82 Å². The highest BCUT2D eigenvalue weighted by molar-refractivity contribution is 5.77. The van der Waals surface area contributed by atoms with E-state index in [2.05, 4.69) is 25.3 Å². The molecular formula is C17H22N6O2. The van der Waals surface area contributed by atoms with Gasteiger partial charge in [-0.1, -0.05) is 11.2 Å². The van der Waals surface area contributed by atoms with Crippen LogP contribution < -0.4 is 10.2 Å². The zero-order chi connectivity index (χ0) is 17.1. The van der Waals surface area contributed by atoms with Gasteiger partial charge in [0.2, 0.25) is 5.91 Å². The minimum atomic E-state index is 0.148. The number of pyridine rings is 1. The Bertz CT molecular complexity index is 707. The first-order valence-electron chi connectivity index (χ1n) is 8.81. The Morgan fingerprint density at radius 1 is 1.24 bits per heavy atom. The molecule has 0 unspecified atom stereocenters. The normalized spacial score (nSPS) is 17.6. The van der Waals surface area contributed by atoms with E-state index in [0.717, 1.165) is 50.7 Å². The minimum Gasteiger partial charge on any atom is -0.353 e. The molecule has 3 heterocycles. The van der Waals surface area contributed by atoms with Crippen molar-refractivity contribution in [1.82, 2.24) is 20.0 Å². The first kappa shape index (κ1) is 15.9. The van der Waals surface area contributed by atoms with E-state index >= 15 is 0 Å². The van der Waals surface area contributed by atoms with Gasteiger partial charge in [-0.05, 0) is 25.0 Å². The molecule has 0 radical (unpaired) electrons. The Hall–Kier alpha value is -2.64. The summed E-state index contributed by atoms with van der Waals surface area (Å²) in [5, 5.41) is 6.99. The van der Waals surface area contributed by atoms with Crippen molar-refractivity contribution in [1.29, 1.82) is 0 Å². The highest BCUT2D eigenvalue weighted by Gasteiger charge is 2.28. The minimum absolute atomic E-state index is 0.148. The van der Waals surface area contributed by atoms with Gasteiger partial charge in [0.25, 0.3) is 0 Å². The number of hydrogen-bond donors (Lipinski definition) is 1. The van der Waals surface area contributed by atoms with E-state index in [-0.39, 0.29) is 5.91 Å². The number of aromatic nitrogens is 3. The third kappa shape index (κ3) is 3.89. The highest BCUT2D eigenvalue weighted by atomic mass is 16.5. The molecule has 1 N–H and O–H groups in total. The van der Waals surface area contributed by atoms with E-state index in [9.17, 15) is 4.79 Å². The number of anilines is 2. The topological polar surface area (TPSA) is 87.4 Å². The molecule has 1 saturated carbocycles. The molecule has 1 aliphatic heterocycles. The van der Waals surface area contributed by atoms with Gasteiger partial charge < -0.3 is 19.6 Å². The van der Waals surface area contributed by atoms with Gasteiger partial charge >= 0.3 is 6.01 Å². The molecule has 4 rings (SSSR count). The SMILES string of the molecule is O=C(CCNc1nc(C2CC2)no1)N1CCN(c2ccccn2)CC1. The van der Waals surface area contributed by atoms with Crippen LogP contribution in [-0.4, -0.2) is 58.7 Å². The maximum Gasteiger partial charge on any atom is 0.321 e. The molecular weight excluding hydrogens is 320 g/mol. The van der Waals surface area contributed by atoms with Gasteiger partial charge in [-0.3, -0.25) is 4.79 Å². The summed E-state index contributed by atoms with van der Waals surface area (Å²) in [4.78, 5) is 25.1. The van der Waals surface area contributed by atoms with Crippen molar-refractivity contribution in [2.24, 2.45) is 0 Å². The third-order valence-electron chi connectivity index (χ3n) is 4.60. The monoisotopic (exact) mass is 342 g/mol. The van der Waals surface area contributed by atoms with E-state index in [4.69, 9.17) is 4.52 Å². The molecule has 8 heteroatoms. The van der Waals surface area contributed by atoms with Crippen LogP contribution in [-0.2, 0) is 4.79 Å².